The molecule has 2 aromatic rings. The molecular weight excluding hydrogens is 520 g/mol. The van der Waals surface area contributed by atoms with Crippen LogP contribution in [0.3, 0.4) is 0 Å². The average Bonchev–Trinajstić information content (AvgIpc) is 3.08. The number of halogens is 2. The molecule has 0 saturated carbocycles. The van der Waals surface area contributed by atoms with Gasteiger partial charge in [-0.1, -0.05) is 0 Å². The molecule has 7 nitrogen and oxygen atoms in total. The molecule has 2 heterocycles. The maximum Gasteiger partial charge on any atom is 0.211 e. The van der Waals surface area contributed by atoms with E-state index in [1.165, 1.54) is 12.3 Å². The van der Waals surface area contributed by atoms with Gasteiger partial charge in [0.15, 0.2) is 5.96 Å². The van der Waals surface area contributed by atoms with Crippen LogP contribution in [0.1, 0.15) is 25.3 Å². The van der Waals surface area contributed by atoms with E-state index in [4.69, 9.17) is 0 Å². The SMILES string of the molecule is CCNC(=NCC1CCN(S(C)(=O)=O)CC1)NCCc1c[nH]c2ccc(F)cc12.I. The van der Waals surface area contributed by atoms with E-state index in [1.54, 1.807) is 16.4 Å². The van der Waals surface area contributed by atoms with E-state index >= 15 is 0 Å². The number of aromatic nitrogens is 1. The van der Waals surface area contributed by atoms with Gasteiger partial charge in [0.1, 0.15) is 5.82 Å². The second kappa shape index (κ2) is 11.3. The van der Waals surface area contributed by atoms with Crippen LogP contribution in [0.25, 0.3) is 10.9 Å². The summed E-state index contributed by atoms with van der Waals surface area (Å²) in [6, 6.07) is 4.77. The van der Waals surface area contributed by atoms with Gasteiger partial charge in [0.25, 0.3) is 0 Å². The Hall–Kier alpha value is -1.40. The highest BCUT2D eigenvalue weighted by molar-refractivity contribution is 14.0. The van der Waals surface area contributed by atoms with E-state index in [-0.39, 0.29) is 29.8 Å². The normalized spacial score (nSPS) is 16.4. The van der Waals surface area contributed by atoms with E-state index in [2.05, 4.69) is 20.6 Å². The van der Waals surface area contributed by atoms with Gasteiger partial charge in [0, 0.05) is 49.8 Å². The molecule has 1 aliphatic heterocycles. The molecule has 1 aromatic carbocycles. The molecule has 0 amide bonds. The zero-order valence-corrected chi connectivity index (χ0v) is 20.6. The second-order valence-electron chi connectivity index (χ2n) is 7.51. The first-order valence-corrected chi connectivity index (χ1v) is 11.9. The van der Waals surface area contributed by atoms with Crippen molar-refractivity contribution >= 4 is 50.9 Å². The van der Waals surface area contributed by atoms with Gasteiger partial charge >= 0.3 is 0 Å². The van der Waals surface area contributed by atoms with E-state index in [1.807, 2.05) is 13.1 Å². The largest absolute Gasteiger partial charge is 0.361 e. The number of hydrogen-bond donors (Lipinski definition) is 3. The van der Waals surface area contributed by atoms with Crippen molar-refractivity contribution < 1.29 is 12.8 Å². The Kier molecular flexibility index (Phi) is 9.35. The first kappa shape index (κ1) is 24.9. The third kappa shape index (κ3) is 6.81. The van der Waals surface area contributed by atoms with Crippen LogP contribution < -0.4 is 10.6 Å². The Balaban J connectivity index is 0.00000320. The summed E-state index contributed by atoms with van der Waals surface area (Å²) in [5, 5.41) is 7.49. The molecule has 1 aliphatic rings. The van der Waals surface area contributed by atoms with Gasteiger partial charge in [-0.25, -0.2) is 17.1 Å². The van der Waals surface area contributed by atoms with Crippen LogP contribution in [0, 0.1) is 11.7 Å². The van der Waals surface area contributed by atoms with E-state index in [9.17, 15) is 12.8 Å². The standard InChI is InChI=1S/C20H30FN5O2S.HI/c1-3-22-20(25-13-15-7-10-26(11-8-15)29(2,27)28)23-9-6-16-14-24-19-5-4-17(21)12-18(16)19;/h4-5,12,14-15,24H,3,6-11,13H2,1-2H3,(H2,22,23,25);1H. The number of nitrogens with one attached hydrogen (secondary N) is 3. The molecule has 0 aliphatic carbocycles. The van der Waals surface area contributed by atoms with Gasteiger partial charge in [-0.05, 0) is 55.9 Å². The Morgan fingerprint density at radius 2 is 2.03 bits per heavy atom. The molecule has 3 rings (SSSR count). The molecular formula is C20H31FIN5O2S. The van der Waals surface area contributed by atoms with Crippen LogP contribution in [0.2, 0.25) is 0 Å². The van der Waals surface area contributed by atoms with E-state index in [0.29, 0.717) is 32.1 Å². The quantitative estimate of drug-likeness (QED) is 0.281. The van der Waals surface area contributed by atoms with Crippen molar-refractivity contribution in [3.8, 4) is 0 Å². The molecule has 0 unspecified atom stereocenters. The minimum Gasteiger partial charge on any atom is -0.361 e. The summed E-state index contributed by atoms with van der Waals surface area (Å²) in [6.07, 6.45) is 5.60. The van der Waals surface area contributed by atoms with Crippen molar-refractivity contribution in [3.05, 3.63) is 35.8 Å². The van der Waals surface area contributed by atoms with Crippen molar-refractivity contribution in [1.82, 2.24) is 19.9 Å². The number of benzene rings is 1. The fourth-order valence-corrected chi connectivity index (χ4v) is 4.53. The van der Waals surface area contributed by atoms with Crippen LogP contribution >= 0.6 is 24.0 Å². The monoisotopic (exact) mass is 551 g/mol. The highest BCUT2D eigenvalue weighted by Gasteiger charge is 2.24. The van der Waals surface area contributed by atoms with Gasteiger partial charge in [-0.15, -0.1) is 24.0 Å². The van der Waals surface area contributed by atoms with Crippen LogP contribution in [-0.2, 0) is 16.4 Å². The molecule has 1 fully saturated rings. The lowest BCUT2D eigenvalue weighted by atomic mass is 9.98. The zero-order chi connectivity index (χ0) is 20.9. The van der Waals surface area contributed by atoms with E-state index in [0.717, 1.165) is 48.2 Å². The highest BCUT2D eigenvalue weighted by atomic mass is 127. The number of piperidine rings is 1. The second-order valence-corrected chi connectivity index (χ2v) is 9.49. The third-order valence-electron chi connectivity index (χ3n) is 5.31. The fourth-order valence-electron chi connectivity index (χ4n) is 3.66. The Morgan fingerprint density at radius 1 is 1.30 bits per heavy atom. The molecule has 0 bridgehead atoms. The smallest absolute Gasteiger partial charge is 0.211 e. The zero-order valence-electron chi connectivity index (χ0n) is 17.4. The van der Waals surface area contributed by atoms with Gasteiger partial charge < -0.3 is 15.6 Å². The summed E-state index contributed by atoms with van der Waals surface area (Å²) < 4.78 is 38.3. The lowest BCUT2D eigenvalue weighted by Gasteiger charge is -2.29. The molecule has 3 N–H and O–H groups in total. The molecule has 1 aromatic heterocycles. The number of aliphatic imine (C=N–C) groups is 1. The summed E-state index contributed by atoms with van der Waals surface area (Å²) in [4.78, 5) is 7.85. The van der Waals surface area contributed by atoms with Crippen LogP contribution in [-0.4, -0.2) is 62.6 Å². The third-order valence-corrected chi connectivity index (χ3v) is 6.61. The fraction of sp³-hybridized carbons (Fsp3) is 0.550. The molecule has 168 valence electrons. The Morgan fingerprint density at radius 3 is 2.70 bits per heavy atom. The van der Waals surface area contributed by atoms with Crippen molar-refractivity contribution in [2.75, 3.05) is 39.0 Å². The molecule has 0 spiro atoms. The summed E-state index contributed by atoms with van der Waals surface area (Å²) in [6.45, 7) is 5.27. The van der Waals surface area contributed by atoms with Crippen LogP contribution in [0.5, 0.6) is 0 Å². The number of nitrogens with zero attached hydrogens (tertiary/aromatic N) is 2. The van der Waals surface area contributed by atoms with Crippen molar-refractivity contribution in [2.24, 2.45) is 10.9 Å². The Labute approximate surface area is 195 Å². The summed E-state index contributed by atoms with van der Waals surface area (Å²) in [5.74, 6) is 0.909. The lowest BCUT2D eigenvalue weighted by Crippen LogP contribution is -2.40. The number of H-pyrrole nitrogens is 1. The minimum absolute atomic E-state index is 0. The maximum atomic E-state index is 13.5. The van der Waals surface area contributed by atoms with Gasteiger partial charge in [-0.3, -0.25) is 4.99 Å². The molecule has 0 radical (unpaired) electrons. The minimum atomic E-state index is -3.09. The number of hydrogen-bond acceptors (Lipinski definition) is 3. The lowest BCUT2D eigenvalue weighted by molar-refractivity contribution is 0.280. The highest BCUT2D eigenvalue weighted by Crippen LogP contribution is 2.20. The number of guanidine groups is 1. The predicted molar refractivity (Wildman–Crippen MR) is 130 cm³/mol. The van der Waals surface area contributed by atoms with Gasteiger partial charge in [0.2, 0.25) is 10.0 Å². The summed E-state index contributed by atoms with van der Waals surface area (Å²) >= 11 is 0. The topological polar surface area (TPSA) is 89.6 Å². The Bertz CT molecular complexity index is 955. The van der Waals surface area contributed by atoms with Crippen LogP contribution in [0.15, 0.2) is 29.4 Å². The molecule has 0 atom stereocenters. The van der Waals surface area contributed by atoms with Crippen molar-refractivity contribution in [3.63, 3.8) is 0 Å². The first-order valence-electron chi connectivity index (χ1n) is 10.1. The van der Waals surface area contributed by atoms with Crippen molar-refractivity contribution in [2.45, 2.75) is 26.2 Å². The average molecular weight is 551 g/mol. The molecule has 10 heteroatoms. The van der Waals surface area contributed by atoms with Crippen molar-refractivity contribution in [1.29, 1.82) is 0 Å². The van der Waals surface area contributed by atoms with Gasteiger partial charge in [0.05, 0.1) is 6.26 Å². The number of aromatic amines is 1. The molecule has 30 heavy (non-hydrogen) atoms. The van der Waals surface area contributed by atoms with E-state index < -0.39 is 10.0 Å². The van der Waals surface area contributed by atoms with Gasteiger partial charge in [-0.2, -0.15) is 0 Å². The number of rotatable bonds is 7. The molecule has 1 saturated heterocycles. The number of sulfonamides is 1. The number of fused-ring (bicyclic) bond motifs is 1. The predicted octanol–water partition coefficient (Wildman–Crippen LogP) is 2.69. The first-order chi connectivity index (χ1) is 13.9. The maximum absolute atomic E-state index is 13.5. The summed E-state index contributed by atoms with van der Waals surface area (Å²) in [7, 11) is -3.09. The summed E-state index contributed by atoms with van der Waals surface area (Å²) in [5.41, 5.74) is 2.00. The van der Waals surface area contributed by atoms with Crippen LogP contribution in [0.4, 0.5) is 4.39 Å².